The van der Waals surface area contributed by atoms with Gasteiger partial charge >= 0.3 is 9.28 Å². The van der Waals surface area contributed by atoms with E-state index in [4.69, 9.17) is 19.1 Å². The molecule has 0 aliphatic carbocycles. The first-order chi connectivity index (χ1) is 5.29. The minimum absolute atomic E-state index is 0.311. The van der Waals surface area contributed by atoms with Crippen molar-refractivity contribution in [3.63, 3.8) is 0 Å². The van der Waals surface area contributed by atoms with Crippen molar-refractivity contribution in [3.8, 4) is 0 Å². The molecule has 1 rings (SSSR count). The average Bonchev–Trinajstić information content (AvgIpc) is 2.70. The van der Waals surface area contributed by atoms with Crippen molar-refractivity contribution < 1.29 is 19.1 Å². The topological polar surface area (TPSA) is 62.2 Å². The molecule has 11 heavy (non-hydrogen) atoms. The van der Waals surface area contributed by atoms with Gasteiger partial charge in [-0.3, -0.25) is 0 Å². The monoisotopic (exact) mass is 178 g/mol. The fourth-order valence-electron chi connectivity index (χ4n) is 0.747. The van der Waals surface area contributed by atoms with Crippen LogP contribution < -0.4 is 0 Å². The van der Waals surface area contributed by atoms with E-state index in [0.29, 0.717) is 25.4 Å². The first kappa shape index (κ1) is 9.15. The fraction of sp³-hybridized carbons (Fsp3) is 1.00. The van der Waals surface area contributed by atoms with Crippen LogP contribution in [-0.2, 0) is 9.47 Å². The standard InChI is InChI=1S/C6H14O4Si/c7-11(8)3-1-2-9-4-6-5-10-6/h6-8,11H,1-5H2. The second-order valence-electron chi connectivity index (χ2n) is 2.65. The van der Waals surface area contributed by atoms with Crippen LogP contribution in [0.4, 0.5) is 0 Å². The maximum atomic E-state index is 8.59. The quantitative estimate of drug-likeness (QED) is 0.311. The molecular formula is C6H14O4Si. The Bertz CT molecular complexity index is 101. The lowest BCUT2D eigenvalue weighted by Gasteiger charge is -2.01. The van der Waals surface area contributed by atoms with Gasteiger partial charge in [0.2, 0.25) is 0 Å². The van der Waals surface area contributed by atoms with Crippen LogP contribution in [0.1, 0.15) is 6.42 Å². The Morgan fingerprint density at radius 3 is 2.82 bits per heavy atom. The van der Waals surface area contributed by atoms with E-state index in [0.717, 1.165) is 13.0 Å². The molecule has 0 saturated carbocycles. The summed E-state index contributed by atoms with van der Waals surface area (Å²) in [5, 5.41) is 0. The molecule has 0 radical (unpaired) electrons. The third kappa shape index (κ3) is 5.34. The lowest BCUT2D eigenvalue weighted by molar-refractivity contribution is 0.116. The van der Waals surface area contributed by atoms with Crippen LogP contribution in [0.3, 0.4) is 0 Å². The lowest BCUT2D eigenvalue weighted by atomic mass is 10.5. The van der Waals surface area contributed by atoms with Crippen molar-refractivity contribution in [1.82, 2.24) is 0 Å². The van der Waals surface area contributed by atoms with Gasteiger partial charge in [-0.1, -0.05) is 0 Å². The van der Waals surface area contributed by atoms with Gasteiger partial charge in [0, 0.05) is 6.61 Å². The lowest BCUT2D eigenvalue weighted by Crippen LogP contribution is -2.12. The summed E-state index contributed by atoms with van der Waals surface area (Å²) in [6.45, 7) is 2.09. The molecule has 2 N–H and O–H groups in total. The van der Waals surface area contributed by atoms with Crippen molar-refractivity contribution in [2.24, 2.45) is 0 Å². The molecule has 0 aromatic heterocycles. The van der Waals surface area contributed by atoms with Gasteiger partial charge in [-0.25, -0.2) is 0 Å². The van der Waals surface area contributed by atoms with Gasteiger partial charge in [-0.15, -0.1) is 0 Å². The van der Waals surface area contributed by atoms with Gasteiger partial charge in [-0.2, -0.15) is 0 Å². The maximum absolute atomic E-state index is 8.59. The molecule has 5 heteroatoms. The molecule has 0 aromatic rings. The molecule has 4 nitrogen and oxygen atoms in total. The van der Waals surface area contributed by atoms with Crippen LogP contribution >= 0.6 is 0 Å². The van der Waals surface area contributed by atoms with E-state index in [1.54, 1.807) is 0 Å². The smallest absolute Gasteiger partial charge is 0.316 e. The highest BCUT2D eigenvalue weighted by molar-refractivity contribution is 6.40. The van der Waals surface area contributed by atoms with Gasteiger partial charge in [0.25, 0.3) is 0 Å². The normalized spacial score (nSPS) is 22.6. The third-order valence-electron chi connectivity index (χ3n) is 1.46. The highest BCUT2D eigenvalue weighted by Crippen LogP contribution is 2.08. The highest BCUT2D eigenvalue weighted by Gasteiger charge is 2.21. The molecular weight excluding hydrogens is 164 g/mol. The van der Waals surface area contributed by atoms with Crippen molar-refractivity contribution in [3.05, 3.63) is 0 Å². The van der Waals surface area contributed by atoms with Crippen molar-refractivity contribution in [1.29, 1.82) is 0 Å². The van der Waals surface area contributed by atoms with Gasteiger partial charge in [0.1, 0.15) is 6.10 Å². The van der Waals surface area contributed by atoms with Crippen molar-refractivity contribution >= 4 is 9.28 Å². The summed E-state index contributed by atoms with van der Waals surface area (Å²) in [5.41, 5.74) is 0. The first-order valence-electron chi connectivity index (χ1n) is 3.84. The Kier molecular flexibility index (Phi) is 4.02. The van der Waals surface area contributed by atoms with Gasteiger partial charge in [0.05, 0.1) is 13.2 Å². The zero-order valence-corrected chi connectivity index (χ0v) is 7.56. The first-order valence-corrected chi connectivity index (χ1v) is 5.69. The van der Waals surface area contributed by atoms with E-state index in [-0.39, 0.29) is 0 Å². The van der Waals surface area contributed by atoms with Gasteiger partial charge < -0.3 is 19.1 Å². The molecule has 0 amide bonds. The van der Waals surface area contributed by atoms with Crippen LogP contribution in [0.2, 0.25) is 6.04 Å². The summed E-state index contributed by atoms with van der Waals surface area (Å²) in [5.74, 6) is 0. The van der Waals surface area contributed by atoms with E-state index >= 15 is 0 Å². The minimum Gasteiger partial charge on any atom is -0.413 e. The zero-order valence-electron chi connectivity index (χ0n) is 6.40. The van der Waals surface area contributed by atoms with Gasteiger partial charge in [-0.05, 0) is 12.5 Å². The molecule has 0 spiro atoms. The fourth-order valence-corrected chi connectivity index (χ4v) is 1.28. The summed E-state index contributed by atoms with van der Waals surface area (Å²) in [6, 6.07) is 0.519. The third-order valence-corrected chi connectivity index (χ3v) is 2.38. The van der Waals surface area contributed by atoms with Gasteiger partial charge in [0.15, 0.2) is 0 Å². The molecule has 1 unspecified atom stereocenters. The van der Waals surface area contributed by atoms with E-state index < -0.39 is 9.28 Å². The Morgan fingerprint density at radius 1 is 1.55 bits per heavy atom. The second-order valence-corrected chi connectivity index (χ2v) is 4.19. The van der Waals surface area contributed by atoms with E-state index in [2.05, 4.69) is 0 Å². The SMILES string of the molecule is O[SiH](O)CCCOCC1CO1. The predicted octanol–water partition coefficient (Wildman–Crippen LogP) is -1.00. The summed E-state index contributed by atoms with van der Waals surface area (Å²) >= 11 is 0. The molecule has 1 saturated heterocycles. The van der Waals surface area contributed by atoms with Crippen molar-refractivity contribution in [2.75, 3.05) is 19.8 Å². The molecule has 66 valence electrons. The molecule has 0 aromatic carbocycles. The van der Waals surface area contributed by atoms with Crippen molar-refractivity contribution in [2.45, 2.75) is 18.6 Å². The van der Waals surface area contributed by atoms with E-state index in [1.165, 1.54) is 0 Å². The summed E-state index contributed by atoms with van der Waals surface area (Å²) in [7, 11) is -2.33. The Hall–Kier alpha value is 0.0569. The summed E-state index contributed by atoms with van der Waals surface area (Å²) in [4.78, 5) is 17.2. The van der Waals surface area contributed by atoms with E-state index in [9.17, 15) is 0 Å². The zero-order chi connectivity index (χ0) is 8.10. The summed E-state index contributed by atoms with van der Waals surface area (Å²) in [6.07, 6.45) is 1.06. The molecule has 1 aliphatic rings. The molecule has 1 heterocycles. The molecule has 1 fully saturated rings. The maximum Gasteiger partial charge on any atom is 0.316 e. The Morgan fingerprint density at radius 2 is 2.27 bits per heavy atom. The van der Waals surface area contributed by atoms with Crippen LogP contribution in [0.15, 0.2) is 0 Å². The number of hydrogen-bond acceptors (Lipinski definition) is 4. The molecule has 1 atom stereocenters. The van der Waals surface area contributed by atoms with E-state index in [1.807, 2.05) is 0 Å². The molecule has 0 bridgehead atoms. The minimum atomic E-state index is -2.33. The van der Waals surface area contributed by atoms with Crippen LogP contribution in [0, 0.1) is 0 Å². The second kappa shape index (κ2) is 4.84. The number of hydrogen-bond donors (Lipinski definition) is 2. The van der Waals surface area contributed by atoms with Crippen LogP contribution in [0.25, 0.3) is 0 Å². The average molecular weight is 178 g/mol. The number of rotatable bonds is 6. The predicted molar refractivity (Wildman–Crippen MR) is 41.6 cm³/mol. The van der Waals surface area contributed by atoms with Crippen LogP contribution in [-0.4, -0.2) is 44.8 Å². The number of ether oxygens (including phenoxy) is 2. The largest absolute Gasteiger partial charge is 0.413 e. The summed E-state index contributed by atoms with van der Waals surface area (Å²) < 4.78 is 10.1. The number of epoxide rings is 1. The Labute approximate surface area is 67.6 Å². The molecule has 1 aliphatic heterocycles. The van der Waals surface area contributed by atoms with Crippen LogP contribution in [0.5, 0.6) is 0 Å². The highest BCUT2D eigenvalue weighted by atomic mass is 28.3. The Balaban J connectivity index is 1.73.